The molecule has 0 spiro atoms. The molecule has 0 saturated carbocycles. The van der Waals surface area contributed by atoms with E-state index in [-0.39, 0.29) is 0 Å². The fraction of sp³-hybridized carbons (Fsp3) is 0.955. The smallest absolute Gasteiger partial charge is 0.430 e. The normalized spacial score (nSPS) is 11.8. The molecule has 0 aromatic rings. The van der Waals surface area contributed by atoms with E-state index in [1.165, 1.54) is 108 Å². The van der Waals surface area contributed by atoms with Gasteiger partial charge in [-0.25, -0.2) is 0 Å². The van der Waals surface area contributed by atoms with Gasteiger partial charge in [0.15, 0.2) is 0 Å². The molecular weight excluding hydrogens is 367 g/mol. The third kappa shape index (κ3) is 17.3. The highest BCUT2D eigenvalue weighted by atomic mass is 19.4. The van der Waals surface area contributed by atoms with Crippen LogP contribution in [0.5, 0.6) is 0 Å². The molecular formula is C22H44F3NO2. The summed E-state index contributed by atoms with van der Waals surface area (Å²) in [5.74, 6) is -3.01. The second kappa shape index (κ2) is 18.3. The van der Waals surface area contributed by atoms with E-state index in [9.17, 15) is 13.2 Å². The Morgan fingerprint density at radius 2 is 0.857 bits per heavy atom. The fourth-order valence-electron chi connectivity index (χ4n) is 3.46. The summed E-state index contributed by atoms with van der Waals surface area (Å²) in [6.07, 6.45) is 11.7. The van der Waals surface area contributed by atoms with E-state index in [2.05, 4.69) is 27.7 Å². The van der Waals surface area contributed by atoms with Crippen molar-refractivity contribution in [3.63, 3.8) is 0 Å². The van der Waals surface area contributed by atoms with E-state index >= 15 is 0 Å². The topological polar surface area (TPSA) is 40.1 Å². The van der Waals surface area contributed by atoms with Gasteiger partial charge < -0.3 is 14.4 Å². The highest BCUT2D eigenvalue weighted by Gasteiger charge is 2.29. The van der Waals surface area contributed by atoms with Crippen LogP contribution < -0.4 is 5.11 Å². The summed E-state index contributed by atoms with van der Waals surface area (Å²) in [5, 5.41) is 8.78. The summed E-state index contributed by atoms with van der Waals surface area (Å²) in [6.45, 7) is 15.1. The molecule has 0 unspecified atom stereocenters. The Labute approximate surface area is 171 Å². The van der Waals surface area contributed by atoms with Crippen molar-refractivity contribution in [3.8, 4) is 0 Å². The predicted molar refractivity (Wildman–Crippen MR) is 109 cm³/mol. The molecule has 0 aliphatic carbocycles. The minimum absolute atomic E-state index is 1.36. The van der Waals surface area contributed by atoms with Crippen molar-refractivity contribution < 1.29 is 27.6 Å². The molecule has 6 heteroatoms. The molecule has 0 aromatic carbocycles. The molecule has 0 radical (unpaired) electrons. The Hall–Kier alpha value is -0.780. The van der Waals surface area contributed by atoms with Crippen molar-refractivity contribution in [2.24, 2.45) is 0 Å². The number of carbonyl (C=O) groups is 1. The number of hydrogen-bond donors (Lipinski definition) is 0. The Kier molecular flexibility index (Phi) is 19.2. The summed E-state index contributed by atoms with van der Waals surface area (Å²) in [4.78, 5) is 8.78. The Bertz CT molecular complexity index is 315. The summed E-state index contributed by atoms with van der Waals surface area (Å²) >= 11 is 0. The maximum absolute atomic E-state index is 10.5. The van der Waals surface area contributed by atoms with Crippen LogP contribution in [-0.2, 0) is 4.79 Å². The number of aliphatic carboxylic acids is 1. The van der Waals surface area contributed by atoms with Crippen molar-refractivity contribution in [1.29, 1.82) is 0 Å². The number of carboxylic acids is 1. The molecule has 0 bridgehead atoms. The van der Waals surface area contributed by atoms with Gasteiger partial charge in [0.2, 0.25) is 0 Å². The highest BCUT2D eigenvalue weighted by Crippen LogP contribution is 2.18. The van der Waals surface area contributed by atoms with Crippen LogP contribution in [0.15, 0.2) is 0 Å². The quantitative estimate of drug-likeness (QED) is 0.236. The number of carboxylic acid groups (broad SMARTS) is 1. The van der Waals surface area contributed by atoms with Gasteiger partial charge in [0.1, 0.15) is 5.97 Å². The summed E-state index contributed by atoms with van der Waals surface area (Å²) < 4.78 is 33.0. The zero-order valence-corrected chi connectivity index (χ0v) is 18.7. The molecule has 170 valence electrons. The summed E-state index contributed by atoms with van der Waals surface area (Å²) in [6, 6.07) is 0. The van der Waals surface area contributed by atoms with Crippen LogP contribution in [0.2, 0.25) is 0 Å². The van der Waals surface area contributed by atoms with Crippen molar-refractivity contribution in [2.75, 3.05) is 26.2 Å². The van der Waals surface area contributed by atoms with E-state index in [0.717, 1.165) is 0 Å². The molecule has 0 atom stereocenters. The van der Waals surface area contributed by atoms with E-state index < -0.39 is 12.1 Å². The lowest BCUT2D eigenvalue weighted by atomic mass is 10.1. The lowest BCUT2D eigenvalue weighted by Crippen LogP contribution is -2.50. The molecule has 3 nitrogen and oxygen atoms in total. The minimum Gasteiger partial charge on any atom is -0.542 e. The number of unbranched alkanes of at least 4 members (excludes halogenated alkanes) is 8. The van der Waals surface area contributed by atoms with Gasteiger partial charge in [0, 0.05) is 0 Å². The zero-order chi connectivity index (χ0) is 21.9. The van der Waals surface area contributed by atoms with Gasteiger partial charge in [-0.3, -0.25) is 0 Å². The number of alkyl halides is 3. The van der Waals surface area contributed by atoms with Crippen LogP contribution in [0.4, 0.5) is 13.2 Å². The lowest BCUT2D eigenvalue weighted by Gasteiger charge is -2.39. The first kappa shape index (κ1) is 29.4. The van der Waals surface area contributed by atoms with E-state index in [1.807, 2.05) is 0 Å². The average molecular weight is 412 g/mol. The number of nitrogens with zero attached hydrogens (tertiary/aromatic N) is 1. The zero-order valence-electron chi connectivity index (χ0n) is 18.7. The third-order valence-electron chi connectivity index (χ3n) is 5.18. The third-order valence-corrected chi connectivity index (χ3v) is 5.18. The first-order valence-electron chi connectivity index (χ1n) is 11.3. The SMILES string of the molecule is CCCCC[N+](CCCCC)(CCCCC)CCCCC.O=C([O-])C(F)(F)F. The average Bonchev–Trinajstić information content (AvgIpc) is 2.62. The molecule has 28 heavy (non-hydrogen) atoms. The molecule has 0 saturated heterocycles. The summed E-state index contributed by atoms with van der Waals surface area (Å²) in [5.41, 5.74) is 0. The monoisotopic (exact) mass is 411 g/mol. The number of halogens is 3. The lowest BCUT2D eigenvalue weighted by molar-refractivity contribution is -0.929. The maximum Gasteiger partial charge on any atom is 0.430 e. The molecule has 0 heterocycles. The van der Waals surface area contributed by atoms with Crippen LogP contribution in [0.3, 0.4) is 0 Å². The second-order valence-electron chi connectivity index (χ2n) is 7.85. The number of quaternary nitrogens is 1. The molecule has 0 fully saturated rings. The first-order chi connectivity index (χ1) is 13.2. The van der Waals surface area contributed by atoms with Gasteiger partial charge in [-0.2, -0.15) is 13.2 Å². The number of rotatable bonds is 16. The van der Waals surface area contributed by atoms with Gasteiger partial charge in [0.05, 0.1) is 26.2 Å². The standard InChI is InChI=1S/C20H44N.C2HF3O2/c1-5-9-13-17-21(18-14-10-6-2,19-15-11-7-3)20-16-12-8-4;3-2(4,5)1(6)7/h5-20H2,1-4H3;(H,6,7)/q+1;/p-1. The van der Waals surface area contributed by atoms with Crippen molar-refractivity contribution >= 4 is 5.97 Å². The molecule has 0 rings (SSSR count). The molecule has 0 amide bonds. The first-order valence-corrected chi connectivity index (χ1v) is 11.3. The Morgan fingerprint density at radius 1 is 0.643 bits per heavy atom. The Balaban J connectivity index is 0. The van der Waals surface area contributed by atoms with Crippen LogP contribution in [-0.4, -0.2) is 42.8 Å². The van der Waals surface area contributed by atoms with E-state index in [4.69, 9.17) is 9.90 Å². The number of carbonyl (C=O) groups excluding carboxylic acids is 1. The van der Waals surface area contributed by atoms with E-state index in [1.54, 1.807) is 0 Å². The molecule has 0 aliphatic heterocycles. The van der Waals surface area contributed by atoms with Crippen molar-refractivity contribution in [1.82, 2.24) is 0 Å². The van der Waals surface area contributed by atoms with Crippen LogP contribution in [0.1, 0.15) is 105 Å². The van der Waals surface area contributed by atoms with Crippen LogP contribution in [0, 0.1) is 0 Å². The fourth-order valence-corrected chi connectivity index (χ4v) is 3.46. The van der Waals surface area contributed by atoms with Gasteiger partial charge in [-0.1, -0.05) is 53.4 Å². The van der Waals surface area contributed by atoms with Gasteiger partial charge >= 0.3 is 6.18 Å². The maximum atomic E-state index is 10.5. The molecule has 0 aromatic heterocycles. The van der Waals surface area contributed by atoms with Crippen LogP contribution in [0.25, 0.3) is 0 Å². The largest absolute Gasteiger partial charge is 0.542 e. The van der Waals surface area contributed by atoms with Gasteiger partial charge in [-0.15, -0.1) is 0 Å². The predicted octanol–water partition coefficient (Wildman–Crippen LogP) is 5.86. The van der Waals surface area contributed by atoms with Crippen molar-refractivity contribution in [3.05, 3.63) is 0 Å². The molecule has 0 aliphatic rings. The summed E-state index contributed by atoms with van der Waals surface area (Å²) in [7, 11) is 0. The van der Waals surface area contributed by atoms with E-state index in [0.29, 0.717) is 0 Å². The highest BCUT2D eigenvalue weighted by molar-refractivity contribution is 5.70. The van der Waals surface area contributed by atoms with Gasteiger partial charge in [-0.05, 0) is 51.4 Å². The second-order valence-corrected chi connectivity index (χ2v) is 7.85. The van der Waals surface area contributed by atoms with Gasteiger partial charge in [0.25, 0.3) is 0 Å². The Morgan fingerprint density at radius 3 is 1.00 bits per heavy atom. The number of hydrogen-bond acceptors (Lipinski definition) is 2. The molecule has 0 N–H and O–H groups in total. The van der Waals surface area contributed by atoms with Crippen LogP contribution >= 0.6 is 0 Å². The minimum atomic E-state index is -5.19. The van der Waals surface area contributed by atoms with Crippen molar-refractivity contribution in [2.45, 2.75) is 111 Å².